The number of aliphatic hydroxyl groups is 1. The summed E-state index contributed by atoms with van der Waals surface area (Å²) in [6, 6.07) is 0. The van der Waals surface area contributed by atoms with Crippen molar-refractivity contribution < 1.29 is 9.90 Å². The molecular formula is C11H22BrNO2. The largest absolute Gasteiger partial charge is 0.389 e. The fourth-order valence-electron chi connectivity index (χ4n) is 1.27. The molecule has 0 aliphatic rings. The molecule has 0 aromatic carbocycles. The number of hydrogen-bond donors (Lipinski definition) is 1. The van der Waals surface area contributed by atoms with E-state index < -0.39 is 5.60 Å². The number of alkyl halides is 1. The first-order valence-electron chi connectivity index (χ1n) is 5.34. The Labute approximate surface area is 101 Å². The first kappa shape index (κ1) is 14.9. The molecule has 90 valence electrons. The van der Waals surface area contributed by atoms with Gasteiger partial charge in [-0.3, -0.25) is 4.79 Å². The number of nitrogens with zero attached hydrogens (tertiary/aromatic N) is 1. The van der Waals surface area contributed by atoms with Crippen molar-refractivity contribution in [3.8, 4) is 0 Å². The molecule has 0 heterocycles. The Balaban J connectivity index is 4.48. The maximum absolute atomic E-state index is 12.0. The van der Waals surface area contributed by atoms with Crippen molar-refractivity contribution in [3.63, 3.8) is 0 Å². The minimum absolute atomic E-state index is 0.0506. The minimum atomic E-state index is -0.838. The van der Waals surface area contributed by atoms with Gasteiger partial charge in [0.1, 0.15) is 0 Å². The highest BCUT2D eigenvalue weighted by Gasteiger charge is 2.27. The first-order chi connectivity index (χ1) is 6.69. The molecule has 0 aliphatic carbocycles. The van der Waals surface area contributed by atoms with Gasteiger partial charge < -0.3 is 10.0 Å². The molecule has 0 aliphatic heterocycles. The van der Waals surface area contributed by atoms with Gasteiger partial charge in [0.25, 0.3) is 0 Å². The van der Waals surface area contributed by atoms with Crippen LogP contribution in [0.25, 0.3) is 0 Å². The maximum atomic E-state index is 12.0. The van der Waals surface area contributed by atoms with Gasteiger partial charge in [-0.1, -0.05) is 29.8 Å². The zero-order valence-corrected chi connectivity index (χ0v) is 11.8. The second-order valence-corrected chi connectivity index (χ2v) is 5.80. The van der Waals surface area contributed by atoms with E-state index in [-0.39, 0.29) is 16.7 Å². The SMILES string of the molecule is CCN(CC(C)(C)O)C(=O)C(Br)C(C)C. The molecule has 0 fully saturated rings. The minimum Gasteiger partial charge on any atom is -0.389 e. The van der Waals surface area contributed by atoms with Crippen LogP contribution in [0.2, 0.25) is 0 Å². The molecule has 1 amide bonds. The second-order valence-electron chi connectivity index (χ2n) is 4.81. The molecule has 0 saturated carbocycles. The summed E-state index contributed by atoms with van der Waals surface area (Å²) in [4.78, 5) is 13.5. The van der Waals surface area contributed by atoms with E-state index in [1.165, 1.54) is 0 Å². The fourth-order valence-corrected chi connectivity index (χ4v) is 1.56. The van der Waals surface area contributed by atoms with Gasteiger partial charge in [0.15, 0.2) is 0 Å². The second kappa shape index (κ2) is 5.85. The van der Waals surface area contributed by atoms with E-state index in [0.29, 0.717) is 13.1 Å². The van der Waals surface area contributed by atoms with Gasteiger partial charge in [-0.15, -0.1) is 0 Å². The van der Waals surface area contributed by atoms with E-state index in [4.69, 9.17) is 0 Å². The van der Waals surface area contributed by atoms with E-state index in [1.54, 1.807) is 18.7 Å². The van der Waals surface area contributed by atoms with Crippen molar-refractivity contribution in [2.75, 3.05) is 13.1 Å². The number of amides is 1. The lowest BCUT2D eigenvalue weighted by Gasteiger charge is -2.30. The normalized spacial score (nSPS) is 14.1. The molecule has 0 aromatic heterocycles. The quantitative estimate of drug-likeness (QED) is 0.783. The zero-order valence-electron chi connectivity index (χ0n) is 10.2. The van der Waals surface area contributed by atoms with Crippen LogP contribution in [-0.2, 0) is 4.79 Å². The molecular weight excluding hydrogens is 258 g/mol. The van der Waals surface area contributed by atoms with Crippen molar-refractivity contribution >= 4 is 21.8 Å². The van der Waals surface area contributed by atoms with Gasteiger partial charge in [0, 0.05) is 13.1 Å². The highest BCUT2D eigenvalue weighted by molar-refractivity contribution is 9.10. The summed E-state index contributed by atoms with van der Waals surface area (Å²) in [7, 11) is 0. The van der Waals surface area contributed by atoms with E-state index in [0.717, 1.165) is 0 Å². The van der Waals surface area contributed by atoms with Crippen LogP contribution >= 0.6 is 15.9 Å². The van der Waals surface area contributed by atoms with Gasteiger partial charge >= 0.3 is 0 Å². The molecule has 4 heteroatoms. The number of likely N-dealkylation sites (N-methyl/N-ethyl adjacent to an activating group) is 1. The summed E-state index contributed by atoms with van der Waals surface area (Å²) >= 11 is 3.38. The zero-order chi connectivity index (χ0) is 12.2. The summed E-state index contributed by atoms with van der Waals surface area (Å²) in [6.07, 6.45) is 0. The van der Waals surface area contributed by atoms with Gasteiger partial charge in [-0.05, 0) is 26.7 Å². The third kappa shape index (κ3) is 5.52. The highest BCUT2D eigenvalue weighted by Crippen LogP contribution is 2.16. The molecule has 0 saturated heterocycles. The van der Waals surface area contributed by atoms with Crippen LogP contribution in [0, 0.1) is 5.92 Å². The van der Waals surface area contributed by atoms with Crippen LogP contribution in [-0.4, -0.2) is 39.4 Å². The molecule has 1 N–H and O–H groups in total. The molecule has 0 rings (SSSR count). The number of halogens is 1. The van der Waals surface area contributed by atoms with Gasteiger partial charge in [-0.25, -0.2) is 0 Å². The Morgan fingerprint density at radius 3 is 2.20 bits per heavy atom. The number of hydrogen-bond acceptors (Lipinski definition) is 2. The molecule has 15 heavy (non-hydrogen) atoms. The molecule has 0 aromatic rings. The van der Waals surface area contributed by atoms with Gasteiger partial charge in [-0.2, -0.15) is 0 Å². The Hall–Kier alpha value is -0.0900. The standard InChI is InChI=1S/C11H22BrNO2/c1-6-13(7-11(4,5)15)10(14)9(12)8(2)3/h8-9,15H,6-7H2,1-5H3. The third-order valence-corrected chi connectivity index (χ3v) is 3.54. The number of carbonyl (C=O) groups is 1. The lowest BCUT2D eigenvalue weighted by molar-refractivity contribution is -0.133. The fraction of sp³-hybridized carbons (Fsp3) is 0.909. The van der Waals surface area contributed by atoms with Crippen molar-refractivity contribution in [2.24, 2.45) is 5.92 Å². The van der Waals surface area contributed by atoms with Crippen LogP contribution < -0.4 is 0 Å². The van der Waals surface area contributed by atoms with Crippen molar-refractivity contribution in [1.82, 2.24) is 4.90 Å². The summed E-state index contributed by atoms with van der Waals surface area (Å²) < 4.78 is 0. The lowest BCUT2D eigenvalue weighted by atomic mass is 10.1. The van der Waals surface area contributed by atoms with E-state index >= 15 is 0 Å². The van der Waals surface area contributed by atoms with Gasteiger partial charge in [0.2, 0.25) is 5.91 Å². The maximum Gasteiger partial charge on any atom is 0.236 e. The Morgan fingerprint density at radius 1 is 1.47 bits per heavy atom. The monoisotopic (exact) mass is 279 g/mol. The van der Waals surface area contributed by atoms with Crippen LogP contribution in [0.15, 0.2) is 0 Å². The van der Waals surface area contributed by atoms with E-state index in [9.17, 15) is 9.90 Å². The molecule has 0 radical (unpaired) electrons. The van der Waals surface area contributed by atoms with Crippen LogP contribution in [0.3, 0.4) is 0 Å². The average Bonchev–Trinajstić information content (AvgIpc) is 2.10. The van der Waals surface area contributed by atoms with Crippen LogP contribution in [0.4, 0.5) is 0 Å². The topological polar surface area (TPSA) is 40.5 Å². The first-order valence-corrected chi connectivity index (χ1v) is 6.26. The number of rotatable bonds is 5. The van der Waals surface area contributed by atoms with Crippen LogP contribution in [0.1, 0.15) is 34.6 Å². The lowest BCUT2D eigenvalue weighted by Crippen LogP contribution is -2.46. The Kier molecular flexibility index (Phi) is 5.81. The Bertz CT molecular complexity index is 211. The molecule has 1 unspecified atom stereocenters. The smallest absolute Gasteiger partial charge is 0.236 e. The molecule has 0 spiro atoms. The van der Waals surface area contributed by atoms with E-state index in [2.05, 4.69) is 15.9 Å². The van der Waals surface area contributed by atoms with Crippen molar-refractivity contribution in [3.05, 3.63) is 0 Å². The average molecular weight is 280 g/mol. The van der Waals surface area contributed by atoms with Crippen LogP contribution in [0.5, 0.6) is 0 Å². The molecule has 1 atom stereocenters. The highest BCUT2D eigenvalue weighted by atomic mass is 79.9. The van der Waals surface area contributed by atoms with E-state index in [1.807, 2.05) is 20.8 Å². The Morgan fingerprint density at radius 2 is 1.93 bits per heavy atom. The summed E-state index contributed by atoms with van der Waals surface area (Å²) in [6.45, 7) is 10.3. The summed E-state index contributed by atoms with van der Waals surface area (Å²) in [5.41, 5.74) is -0.838. The molecule has 3 nitrogen and oxygen atoms in total. The third-order valence-electron chi connectivity index (χ3n) is 2.09. The van der Waals surface area contributed by atoms with Gasteiger partial charge in [0.05, 0.1) is 10.4 Å². The van der Waals surface area contributed by atoms with Crippen molar-refractivity contribution in [2.45, 2.75) is 45.0 Å². The predicted octanol–water partition coefficient (Wildman–Crippen LogP) is 2.03. The number of carbonyl (C=O) groups excluding carboxylic acids is 1. The molecule has 0 bridgehead atoms. The summed E-state index contributed by atoms with van der Waals surface area (Å²) in [5.74, 6) is 0.308. The predicted molar refractivity (Wildman–Crippen MR) is 66.1 cm³/mol. The summed E-state index contributed by atoms with van der Waals surface area (Å²) in [5, 5.41) is 9.68. The van der Waals surface area contributed by atoms with Crippen molar-refractivity contribution in [1.29, 1.82) is 0 Å².